The summed E-state index contributed by atoms with van der Waals surface area (Å²) in [6.45, 7) is 0. The summed E-state index contributed by atoms with van der Waals surface area (Å²) < 4.78 is 0. The molecule has 0 atom stereocenters. The maximum absolute atomic E-state index is 11.3. The van der Waals surface area contributed by atoms with E-state index >= 15 is 0 Å². The number of hydrogen-bond donors (Lipinski definition) is 1. The molecular weight excluding hydrogens is 188 g/mol. The minimum atomic E-state index is -0.339. The second-order valence-electron chi connectivity index (χ2n) is 2.97. The van der Waals surface area contributed by atoms with Crippen LogP contribution in [-0.4, -0.2) is 21.5 Å². The molecule has 0 unspecified atom stereocenters. The fourth-order valence-electron chi connectivity index (χ4n) is 1.48. The van der Waals surface area contributed by atoms with E-state index in [0.29, 0.717) is 4.90 Å². The van der Waals surface area contributed by atoms with E-state index < -0.39 is 0 Å². The van der Waals surface area contributed by atoms with Crippen LogP contribution in [0, 0.1) is 0 Å². The molecule has 0 amide bonds. The van der Waals surface area contributed by atoms with Crippen LogP contribution in [0.15, 0.2) is 16.0 Å². The first kappa shape index (κ1) is 8.62. The Hall–Kier alpha value is -0.970. The highest BCUT2D eigenvalue weighted by Crippen LogP contribution is 2.23. The molecule has 1 aromatic rings. The van der Waals surface area contributed by atoms with Crippen molar-refractivity contribution in [2.45, 2.75) is 17.7 Å². The third kappa shape index (κ3) is 1.56. The summed E-state index contributed by atoms with van der Waals surface area (Å²) in [6.07, 6.45) is 3.42. The molecule has 70 valence electrons. The Kier molecular flexibility index (Phi) is 2.26. The predicted molar refractivity (Wildman–Crippen MR) is 48.9 cm³/mol. The smallest absolute Gasteiger partial charge is 0.305 e. The molecular formula is C8H10N2O2S. The van der Waals surface area contributed by atoms with Gasteiger partial charge in [-0.25, -0.2) is 4.98 Å². The molecule has 1 aliphatic heterocycles. The van der Waals surface area contributed by atoms with Gasteiger partial charge in [0, 0.05) is 10.9 Å². The fourth-order valence-corrected chi connectivity index (χ4v) is 3.82. The van der Waals surface area contributed by atoms with Gasteiger partial charge in [0.15, 0.2) is 0 Å². The van der Waals surface area contributed by atoms with Crippen molar-refractivity contribution in [3.05, 3.63) is 16.7 Å². The van der Waals surface area contributed by atoms with Gasteiger partial charge in [-0.1, -0.05) is 0 Å². The van der Waals surface area contributed by atoms with Gasteiger partial charge >= 0.3 is 5.56 Å². The summed E-state index contributed by atoms with van der Waals surface area (Å²) in [5.74, 6) is 1.61. The molecule has 5 heteroatoms. The fraction of sp³-hybridized carbons (Fsp3) is 0.500. The number of rotatable bonds is 1. The molecule has 1 fully saturated rings. The second-order valence-corrected chi connectivity index (χ2v) is 5.18. The van der Waals surface area contributed by atoms with Gasteiger partial charge < -0.3 is 10.1 Å². The number of nitrogens with zero attached hydrogens (tertiary/aromatic N) is 1. The molecule has 0 aromatic carbocycles. The molecule has 0 spiro atoms. The van der Waals surface area contributed by atoms with Crippen LogP contribution in [0.25, 0.3) is 0 Å². The van der Waals surface area contributed by atoms with E-state index in [4.69, 9.17) is 0 Å². The molecule has 4 nitrogen and oxygen atoms in total. The van der Waals surface area contributed by atoms with Crippen LogP contribution >= 0.6 is 0 Å². The maximum atomic E-state index is 11.3. The molecule has 1 aromatic heterocycles. The van der Waals surface area contributed by atoms with Crippen LogP contribution < -0.4 is 10.7 Å². The topological polar surface area (TPSA) is 68.8 Å². The van der Waals surface area contributed by atoms with Gasteiger partial charge in [0.05, 0.1) is 12.2 Å². The van der Waals surface area contributed by atoms with Gasteiger partial charge in [0.25, 0.3) is 0 Å². The molecule has 0 aliphatic carbocycles. The molecule has 13 heavy (non-hydrogen) atoms. The van der Waals surface area contributed by atoms with Crippen molar-refractivity contribution in [2.75, 3.05) is 11.5 Å². The lowest BCUT2D eigenvalue weighted by Crippen LogP contribution is -2.22. The zero-order valence-electron chi connectivity index (χ0n) is 7.08. The van der Waals surface area contributed by atoms with Crippen LogP contribution in [0.4, 0.5) is 0 Å². The lowest BCUT2D eigenvalue weighted by atomic mass is 10.4. The average Bonchev–Trinajstić information content (AvgIpc) is 2.57. The number of hydrogen-bond acceptors (Lipinski definition) is 3. The summed E-state index contributed by atoms with van der Waals surface area (Å²) in [5.41, 5.74) is -0.245. The monoisotopic (exact) mass is 198 g/mol. The Bertz CT molecular complexity index is 357. The summed E-state index contributed by atoms with van der Waals surface area (Å²) in [5, 5.41) is 11.3. The molecule has 2 rings (SSSR count). The van der Waals surface area contributed by atoms with E-state index in [1.54, 1.807) is 0 Å². The number of aromatic nitrogens is 2. The first-order valence-electron chi connectivity index (χ1n) is 4.21. The van der Waals surface area contributed by atoms with Crippen molar-refractivity contribution in [3.63, 3.8) is 0 Å². The minimum Gasteiger partial charge on any atom is -0.855 e. The SMILES string of the molecule is O=c1[nH]cnc([O-])c1[S+]1CCCC1. The predicted octanol–water partition coefficient (Wildman–Crippen LogP) is -0.386. The molecule has 0 bridgehead atoms. The summed E-state index contributed by atoms with van der Waals surface area (Å²) in [4.78, 5) is 17.8. The Labute approximate surface area is 78.4 Å². The normalized spacial score (nSPS) is 17.8. The average molecular weight is 198 g/mol. The lowest BCUT2D eigenvalue weighted by molar-refractivity contribution is -0.279. The van der Waals surface area contributed by atoms with E-state index in [1.165, 1.54) is 6.33 Å². The van der Waals surface area contributed by atoms with Gasteiger partial charge in [-0.05, 0) is 12.8 Å². The van der Waals surface area contributed by atoms with E-state index in [1.807, 2.05) is 0 Å². The highest BCUT2D eigenvalue weighted by Gasteiger charge is 2.30. The highest BCUT2D eigenvalue weighted by molar-refractivity contribution is 7.97. The van der Waals surface area contributed by atoms with Crippen molar-refractivity contribution in [1.82, 2.24) is 9.97 Å². The van der Waals surface area contributed by atoms with Gasteiger partial charge in [-0.15, -0.1) is 0 Å². The van der Waals surface area contributed by atoms with Crippen LogP contribution in [0.3, 0.4) is 0 Å². The van der Waals surface area contributed by atoms with E-state index in [2.05, 4.69) is 9.97 Å². The lowest BCUT2D eigenvalue weighted by Gasteiger charge is -2.07. The molecule has 1 saturated heterocycles. The third-order valence-electron chi connectivity index (χ3n) is 2.10. The third-order valence-corrected chi connectivity index (χ3v) is 4.60. The van der Waals surface area contributed by atoms with Gasteiger partial charge in [0.2, 0.25) is 4.90 Å². The molecule has 0 radical (unpaired) electrons. The minimum absolute atomic E-state index is 0.133. The van der Waals surface area contributed by atoms with Crippen molar-refractivity contribution in [2.24, 2.45) is 0 Å². The molecule has 1 N–H and O–H groups in total. The molecule has 2 heterocycles. The van der Waals surface area contributed by atoms with Gasteiger partial charge in [-0.3, -0.25) is 4.79 Å². The van der Waals surface area contributed by atoms with Gasteiger partial charge in [0.1, 0.15) is 11.5 Å². The molecule has 0 saturated carbocycles. The summed E-state index contributed by atoms with van der Waals surface area (Å²) in [6, 6.07) is 0. The van der Waals surface area contributed by atoms with Crippen molar-refractivity contribution < 1.29 is 5.11 Å². The standard InChI is InChI=1S/C8H10N2O2S/c11-7-6(8(12)10-5-9-7)13-3-1-2-4-13/h5H,1-4H2,(H-,9,10,11,12). The Balaban J connectivity index is 2.43. The first-order chi connectivity index (χ1) is 6.29. The number of H-pyrrole nitrogens is 1. The van der Waals surface area contributed by atoms with Gasteiger partial charge in [-0.2, -0.15) is 0 Å². The van der Waals surface area contributed by atoms with Crippen LogP contribution in [0.5, 0.6) is 5.88 Å². The Morgan fingerprint density at radius 1 is 1.46 bits per heavy atom. The Morgan fingerprint density at radius 3 is 2.77 bits per heavy atom. The van der Waals surface area contributed by atoms with Crippen molar-refractivity contribution in [1.29, 1.82) is 0 Å². The quantitative estimate of drug-likeness (QED) is 0.625. The van der Waals surface area contributed by atoms with E-state index in [0.717, 1.165) is 24.3 Å². The van der Waals surface area contributed by atoms with E-state index in [-0.39, 0.29) is 22.3 Å². The maximum Gasteiger partial charge on any atom is 0.305 e. The van der Waals surface area contributed by atoms with Crippen molar-refractivity contribution >= 4 is 10.9 Å². The first-order valence-corrected chi connectivity index (χ1v) is 5.77. The number of nitrogens with one attached hydrogen (secondary N) is 1. The zero-order chi connectivity index (χ0) is 9.26. The second kappa shape index (κ2) is 3.41. The summed E-state index contributed by atoms with van der Waals surface area (Å²) in [7, 11) is -0.133. The molecule has 1 aliphatic rings. The van der Waals surface area contributed by atoms with Crippen LogP contribution in [0.1, 0.15) is 12.8 Å². The summed E-state index contributed by atoms with van der Waals surface area (Å²) >= 11 is 0. The van der Waals surface area contributed by atoms with Crippen LogP contribution in [-0.2, 0) is 10.9 Å². The van der Waals surface area contributed by atoms with Crippen molar-refractivity contribution in [3.8, 4) is 5.88 Å². The van der Waals surface area contributed by atoms with E-state index in [9.17, 15) is 9.90 Å². The zero-order valence-corrected chi connectivity index (χ0v) is 7.89. The highest BCUT2D eigenvalue weighted by atomic mass is 32.2. The Morgan fingerprint density at radius 2 is 2.15 bits per heavy atom. The van der Waals surface area contributed by atoms with Crippen LogP contribution in [0.2, 0.25) is 0 Å². The number of aromatic amines is 1. The largest absolute Gasteiger partial charge is 0.855 e.